The maximum absolute atomic E-state index is 5.43. The van der Waals surface area contributed by atoms with Crippen LogP contribution in [0.2, 0.25) is 0 Å². The van der Waals surface area contributed by atoms with Crippen molar-refractivity contribution in [2.75, 3.05) is 7.11 Å². The van der Waals surface area contributed by atoms with Crippen LogP contribution in [-0.2, 0) is 4.74 Å². The van der Waals surface area contributed by atoms with E-state index in [0.29, 0.717) is 0 Å². The molecule has 10 heavy (non-hydrogen) atoms. The Morgan fingerprint density at radius 1 is 1.30 bits per heavy atom. The van der Waals surface area contributed by atoms with Crippen molar-refractivity contribution in [1.29, 1.82) is 0 Å². The molecule has 0 aromatic rings. The van der Waals surface area contributed by atoms with Crippen LogP contribution in [0.25, 0.3) is 0 Å². The van der Waals surface area contributed by atoms with Gasteiger partial charge in [-0.1, -0.05) is 6.92 Å². The number of rotatable bonds is 1. The van der Waals surface area contributed by atoms with Gasteiger partial charge < -0.3 is 4.74 Å². The van der Waals surface area contributed by atoms with Gasteiger partial charge in [-0.25, -0.2) is 0 Å². The summed E-state index contributed by atoms with van der Waals surface area (Å²) in [5.74, 6) is 0.920. The first-order chi connectivity index (χ1) is 4.66. The molecule has 1 aliphatic rings. The summed E-state index contributed by atoms with van der Waals surface area (Å²) in [7, 11) is 1.83. The molecule has 0 heterocycles. The van der Waals surface area contributed by atoms with Gasteiger partial charge in [-0.05, 0) is 38.5 Å². The lowest BCUT2D eigenvalue weighted by Gasteiger charge is -2.34. The highest BCUT2D eigenvalue weighted by molar-refractivity contribution is 4.81. The minimum atomic E-state index is 0.201. The molecule has 1 saturated carbocycles. The number of ether oxygens (including phenoxy) is 1. The molecule has 0 amide bonds. The van der Waals surface area contributed by atoms with E-state index < -0.39 is 0 Å². The van der Waals surface area contributed by atoms with Crippen LogP contribution < -0.4 is 0 Å². The molecule has 0 aromatic heterocycles. The predicted molar refractivity (Wildman–Crippen MR) is 43.0 cm³/mol. The molecule has 0 bridgehead atoms. The van der Waals surface area contributed by atoms with Crippen LogP contribution in [0.15, 0.2) is 0 Å². The largest absolute Gasteiger partial charge is 0.379 e. The molecule has 1 nitrogen and oxygen atoms in total. The highest BCUT2D eigenvalue weighted by Gasteiger charge is 2.28. The Hall–Kier alpha value is -0.0400. The minimum absolute atomic E-state index is 0.201. The molecule has 0 spiro atoms. The third-order valence-corrected chi connectivity index (χ3v) is 2.82. The van der Waals surface area contributed by atoms with Gasteiger partial charge in [0.25, 0.3) is 0 Å². The van der Waals surface area contributed by atoms with Gasteiger partial charge >= 0.3 is 0 Å². The van der Waals surface area contributed by atoms with E-state index in [2.05, 4.69) is 13.8 Å². The molecule has 1 heteroatoms. The summed E-state index contributed by atoms with van der Waals surface area (Å²) in [5.41, 5.74) is 0.201. The van der Waals surface area contributed by atoms with Gasteiger partial charge in [0.2, 0.25) is 0 Å². The molecule has 1 aliphatic carbocycles. The number of hydrogen-bond donors (Lipinski definition) is 0. The Labute approximate surface area is 63.8 Å². The quantitative estimate of drug-likeness (QED) is 0.547. The first-order valence-electron chi connectivity index (χ1n) is 4.21. The van der Waals surface area contributed by atoms with Crippen LogP contribution in [0, 0.1) is 5.92 Å². The fourth-order valence-corrected chi connectivity index (χ4v) is 1.58. The molecule has 0 radical (unpaired) electrons. The zero-order valence-electron chi connectivity index (χ0n) is 7.31. The minimum Gasteiger partial charge on any atom is -0.379 e. The van der Waals surface area contributed by atoms with Crippen molar-refractivity contribution in [3.8, 4) is 0 Å². The van der Waals surface area contributed by atoms with Gasteiger partial charge in [-0.15, -0.1) is 0 Å². The summed E-state index contributed by atoms with van der Waals surface area (Å²) < 4.78 is 5.43. The maximum atomic E-state index is 5.43. The van der Waals surface area contributed by atoms with Crippen LogP contribution in [0.3, 0.4) is 0 Å². The Kier molecular flexibility index (Phi) is 2.35. The maximum Gasteiger partial charge on any atom is 0.0651 e. The SMILES string of the molecule is COC1(C)CCC(C)CC1. The summed E-state index contributed by atoms with van der Waals surface area (Å²) >= 11 is 0. The van der Waals surface area contributed by atoms with Crippen molar-refractivity contribution in [1.82, 2.24) is 0 Å². The Bertz CT molecular complexity index is 101. The van der Waals surface area contributed by atoms with Gasteiger partial charge in [0.15, 0.2) is 0 Å². The lowest BCUT2D eigenvalue weighted by atomic mass is 9.81. The third-order valence-electron chi connectivity index (χ3n) is 2.82. The van der Waals surface area contributed by atoms with Gasteiger partial charge in [0, 0.05) is 7.11 Å². The van der Waals surface area contributed by atoms with Gasteiger partial charge in [-0.3, -0.25) is 0 Å². The lowest BCUT2D eigenvalue weighted by molar-refractivity contribution is -0.0320. The second-order valence-electron chi connectivity index (χ2n) is 3.84. The molecule has 0 unspecified atom stereocenters. The zero-order chi connectivity index (χ0) is 7.61. The molecule has 60 valence electrons. The molecule has 1 fully saturated rings. The predicted octanol–water partition coefficient (Wildman–Crippen LogP) is 2.60. The zero-order valence-corrected chi connectivity index (χ0v) is 7.31. The van der Waals surface area contributed by atoms with Crippen LogP contribution >= 0.6 is 0 Å². The van der Waals surface area contributed by atoms with E-state index in [0.717, 1.165) is 5.92 Å². The van der Waals surface area contributed by atoms with Gasteiger partial charge in [0.1, 0.15) is 0 Å². The fourth-order valence-electron chi connectivity index (χ4n) is 1.58. The first-order valence-corrected chi connectivity index (χ1v) is 4.21. The van der Waals surface area contributed by atoms with Gasteiger partial charge in [0.05, 0.1) is 5.60 Å². The number of methoxy groups -OCH3 is 1. The van der Waals surface area contributed by atoms with Crippen LogP contribution in [0.1, 0.15) is 39.5 Å². The van der Waals surface area contributed by atoms with E-state index in [-0.39, 0.29) is 5.60 Å². The highest BCUT2D eigenvalue weighted by Crippen LogP contribution is 2.33. The van der Waals surface area contributed by atoms with Crippen LogP contribution in [0.4, 0.5) is 0 Å². The smallest absolute Gasteiger partial charge is 0.0651 e. The second-order valence-corrected chi connectivity index (χ2v) is 3.84. The second kappa shape index (κ2) is 2.91. The summed E-state index contributed by atoms with van der Waals surface area (Å²) in [6.45, 7) is 4.55. The Morgan fingerprint density at radius 2 is 1.80 bits per heavy atom. The monoisotopic (exact) mass is 142 g/mol. The summed E-state index contributed by atoms with van der Waals surface area (Å²) in [5, 5.41) is 0. The topological polar surface area (TPSA) is 9.23 Å². The van der Waals surface area contributed by atoms with Crippen LogP contribution in [-0.4, -0.2) is 12.7 Å². The van der Waals surface area contributed by atoms with E-state index in [1.807, 2.05) is 7.11 Å². The average molecular weight is 142 g/mol. The highest BCUT2D eigenvalue weighted by atomic mass is 16.5. The number of hydrogen-bond acceptors (Lipinski definition) is 1. The lowest BCUT2D eigenvalue weighted by Crippen LogP contribution is -2.31. The van der Waals surface area contributed by atoms with Crippen molar-refractivity contribution in [3.05, 3.63) is 0 Å². The van der Waals surface area contributed by atoms with Crippen LogP contribution in [0.5, 0.6) is 0 Å². The summed E-state index contributed by atoms with van der Waals surface area (Å²) in [6.07, 6.45) is 5.16. The molecule has 0 atom stereocenters. The molecule has 0 aliphatic heterocycles. The molecule has 0 N–H and O–H groups in total. The van der Waals surface area contributed by atoms with Gasteiger partial charge in [-0.2, -0.15) is 0 Å². The van der Waals surface area contributed by atoms with E-state index in [4.69, 9.17) is 4.74 Å². The average Bonchev–Trinajstić information content (AvgIpc) is 1.96. The van der Waals surface area contributed by atoms with Crippen molar-refractivity contribution < 1.29 is 4.74 Å². The Morgan fingerprint density at radius 3 is 2.20 bits per heavy atom. The third kappa shape index (κ3) is 1.72. The van der Waals surface area contributed by atoms with E-state index in [9.17, 15) is 0 Å². The van der Waals surface area contributed by atoms with Crippen molar-refractivity contribution in [3.63, 3.8) is 0 Å². The standard InChI is InChI=1S/C9H18O/c1-8-4-6-9(2,10-3)7-5-8/h8H,4-7H2,1-3H3. The van der Waals surface area contributed by atoms with Crippen molar-refractivity contribution in [2.24, 2.45) is 5.92 Å². The molecular formula is C9H18O. The molecule has 0 aromatic carbocycles. The Balaban J connectivity index is 2.38. The van der Waals surface area contributed by atoms with E-state index >= 15 is 0 Å². The molecule has 0 saturated heterocycles. The normalized spacial score (nSPS) is 41.7. The van der Waals surface area contributed by atoms with E-state index in [1.54, 1.807) is 0 Å². The summed E-state index contributed by atoms with van der Waals surface area (Å²) in [4.78, 5) is 0. The summed E-state index contributed by atoms with van der Waals surface area (Å²) in [6, 6.07) is 0. The van der Waals surface area contributed by atoms with Crippen molar-refractivity contribution >= 4 is 0 Å². The molecular weight excluding hydrogens is 124 g/mol. The molecule has 1 rings (SSSR count). The van der Waals surface area contributed by atoms with E-state index in [1.165, 1.54) is 25.7 Å². The fraction of sp³-hybridized carbons (Fsp3) is 1.00. The first kappa shape index (κ1) is 8.06. The van der Waals surface area contributed by atoms with Crippen molar-refractivity contribution in [2.45, 2.75) is 45.1 Å².